The van der Waals surface area contributed by atoms with E-state index >= 15 is 0 Å². The third kappa shape index (κ3) is 3.02. The molecule has 5 rings (SSSR count). The number of hydrogen-bond donors (Lipinski definition) is 0. The smallest absolute Gasteiger partial charge is 0.233 e. The van der Waals surface area contributed by atoms with Crippen LogP contribution in [0.5, 0.6) is 0 Å². The molecule has 2 aliphatic rings. The van der Waals surface area contributed by atoms with E-state index in [9.17, 15) is 4.79 Å². The molecule has 1 amide bonds. The zero-order chi connectivity index (χ0) is 18.4. The Labute approximate surface area is 166 Å². The highest BCUT2D eigenvalue weighted by atomic mass is 32.2. The molecule has 8 heteroatoms. The molecule has 0 radical (unpaired) electrons. The summed E-state index contributed by atoms with van der Waals surface area (Å²) in [6.45, 7) is 3.79. The largest absolute Gasteiger partial charge is 0.342 e. The standard InChI is InChI=1S/C19H23N5OS2/c1-12-20-18-16(13-7-3-4-8-14(13)27-18)17-21-22-19(24(12)17)26-11-15(25)23-9-5-2-6-10-23/h2-11H2,1H3. The fourth-order valence-corrected chi connectivity index (χ4v) is 6.42. The van der Waals surface area contributed by atoms with E-state index in [1.54, 1.807) is 0 Å². The van der Waals surface area contributed by atoms with Gasteiger partial charge >= 0.3 is 0 Å². The van der Waals surface area contributed by atoms with E-state index in [2.05, 4.69) is 10.2 Å². The van der Waals surface area contributed by atoms with Crippen molar-refractivity contribution in [3.63, 3.8) is 0 Å². The number of amides is 1. The van der Waals surface area contributed by atoms with Gasteiger partial charge in [0.1, 0.15) is 10.7 Å². The van der Waals surface area contributed by atoms with Gasteiger partial charge in [0.2, 0.25) is 5.91 Å². The predicted octanol–water partition coefficient (Wildman–Crippen LogP) is 3.63. The van der Waals surface area contributed by atoms with Crippen molar-refractivity contribution in [2.45, 2.75) is 57.0 Å². The van der Waals surface area contributed by atoms with Gasteiger partial charge in [-0.25, -0.2) is 4.98 Å². The van der Waals surface area contributed by atoms with Crippen molar-refractivity contribution in [1.82, 2.24) is 24.5 Å². The van der Waals surface area contributed by atoms with Crippen LogP contribution in [0.1, 0.15) is 48.4 Å². The molecule has 1 aliphatic heterocycles. The number of fused-ring (bicyclic) bond motifs is 5. The lowest BCUT2D eigenvalue weighted by Crippen LogP contribution is -2.36. The number of rotatable bonds is 3. The SMILES string of the molecule is Cc1nc2sc3c(c2c2nnc(SCC(=O)N4CCCCC4)n12)CCCC3. The molecule has 1 aliphatic carbocycles. The Morgan fingerprint density at radius 1 is 1.11 bits per heavy atom. The van der Waals surface area contributed by atoms with Gasteiger partial charge in [0, 0.05) is 18.0 Å². The van der Waals surface area contributed by atoms with Crippen molar-refractivity contribution in [2.75, 3.05) is 18.8 Å². The number of piperidine rings is 1. The number of aromatic nitrogens is 4. The van der Waals surface area contributed by atoms with Crippen molar-refractivity contribution in [1.29, 1.82) is 0 Å². The third-order valence-electron chi connectivity index (χ3n) is 5.63. The summed E-state index contributed by atoms with van der Waals surface area (Å²) in [6.07, 6.45) is 8.24. The van der Waals surface area contributed by atoms with E-state index in [-0.39, 0.29) is 5.91 Å². The molecule has 3 aromatic heterocycles. The molecule has 0 spiro atoms. The number of hydrogen-bond acceptors (Lipinski definition) is 6. The molecule has 142 valence electrons. The second-order valence-electron chi connectivity index (χ2n) is 7.42. The van der Waals surface area contributed by atoms with E-state index in [1.807, 2.05) is 27.6 Å². The van der Waals surface area contributed by atoms with Crippen LogP contribution in [0.3, 0.4) is 0 Å². The van der Waals surface area contributed by atoms with Gasteiger partial charge in [0.25, 0.3) is 0 Å². The van der Waals surface area contributed by atoms with Crippen LogP contribution < -0.4 is 0 Å². The maximum Gasteiger partial charge on any atom is 0.233 e. The van der Waals surface area contributed by atoms with Crippen molar-refractivity contribution < 1.29 is 4.79 Å². The van der Waals surface area contributed by atoms with Gasteiger partial charge < -0.3 is 4.90 Å². The van der Waals surface area contributed by atoms with Crippen LogP contribution in [0.25, 0.3) is 15.9 Å². The van der Waals surface area contributed by atoms with Crippen LogP contribution in [0.2, 0.25) is 0 Å². The Hall–Kier alpha value is -1.67. The fourth-order valence-electron chi connectivity index (χ4n) is 4.24. The maximum absolute atomic E-state index is 12.5. The lowest BCUT2D eigenvalue weighted by molar-refractivity contribution is -0.129. The summed E-state index contributed by atoms with van der Waals surface area (Å²) in [5.41, 5.74) is 2.33. The summed E-state index contributed by atoms with van der Waals surface area (Å²) in [5.74, 6) is 1.52. The van der Waals surface area contributed by atoms with Crippen molar-refractivity contribution in [3.8, 4) is 0 Å². The normalized spacial score (nSPS) is 17.6. The first-order chi connectivity index (χ1) is 13.2. The Bertz CT molecular complexity index is 1020. The highest BCUT2D eigenvalue weighted by molar-refractivity contribution is 7.99. The number of nitrogens with zero attached hydrogens (tertiary/aromatic N) is 5. The van der Waals surface area contributed by atoms with Gasteiger partial charge in [-0.05, 0) is 57.4 Å². The Balaban J connectivity index is 1.48. The fraction of sp³-hybridized carbons (Fsp3) is 0.579. The van der Waals surface area contributed by atoms with E-state index < -0.39 is 0 Å². The number of carbonyl (C=O) groups excluding carboxylic acids is 1. The average Bonchev–Trinajstić information content (AvgIpc) is 3.28. The van der Waals surface area contributed by atoms with Crippen molar-refractivity contribution >= 4 is 44.9 Å². The molecule has 0 aromatic carbocycles. The zero-order valence-electron chi connectivity index (χ0n) is 15.5. The first kappa shape index (κ1) is 17.4. The minimum atomic E-state index is 0.205. The average molecular weight is 402 g/mol. The summed E-state index contributed by atoms with van der Waals surface area (Å²) < 4.78 is 2.04. The molecule has 27 heavy (non-hydrogen) atoms. The first-order valence-corrected chi connectivity index (χ1v) is 11.6. The van der Waals surface area contributed by atoms with E-state index in [0.717, 1.165) is 60.2 Å². The molecular formula is C19H23N5OS2. The highest BCUT2D eigenvalue weighted by Crippen LogP contribution is 2.38. The van der Waals surface area contributed by atoms with E-state index in [4.69, 9.17) is 4.98 Å². The molecule has 0 unspecified atom stereocenters. The Morgan fingerprint density at radius 3 is 2.78 bits per heavy atom. The Kier molecular flexibility index (Phi) is 4.55. The van der Waals surface area contributed by atoms with Gasteiger partial charge in [0.05, 0.1) is 11.1 Å². The number of aryl methyl sites for hydroxylation is 3. The highest BCUT2D eigenvalue weighted by Gasteiger charge is 2.23. The van der Waals surface area contributed by atoms with Crippen LogP contribution in [-0.4, -0.2) is 49.2 Å². The van der Waals surface area contributed by atoms with Crippen molar-refractivity contribution in [2.24, 2.45) is 0 Å². The second kappa shape index (κ2) is 7.05. The summed E-state index contributed by atoms with van der Waals surface area (Å²) in [4.78, 5) is 21.9. The lowest BCUT2D eigenvalue weighted by Gasteiger charge is -2.26. The molecule has 6 nitrogen and oxygen atoms in total. The number of likely N-dealkylation sites (tertiary alicyclic amines) is 1. The summed E-state index contributed by atoms with van der Waals surface area (Å²) in [7, 11) is 0. The Morgan fingerprint density at radius 2 is 1.93 bits per heavy atom. The zero-order valence-corrected chi connectivity index (χ0v) is 17.2. The molecule has 0 atom stereocenters. The van der Waals surface area contributed by atoms with Crippen LogP contribution in [-0.2, 0) is 17.6 Å². The van der Waals surface area contributed by atoms with Gasteiger partial charge in [-0.15, -0.1) is 21.5 Å². The van der Waals surface area contributed by atoms with Gasteiger partial charge in [0.15, 0.2) is 10.8 Å². The molecule has 1 fully saturated rings. The summed E-state index contributed by atoms with van der Waals surface area (Å²) in [5, 5.41) is 10.9. The maximum atomic E-state index is 12.5. The third-order valence-corrected chi connectivity index (χ3v) is 7.73. The van der Waals surface area contributed by atoms with Gasteiger partial charge in [-0.1, -0.05) is 11.8 Å². The van der Waals surface area contributed by atoms with E-state index in [1.165, 1.54) is 46.9 Å². The predicted molar refractivity (Wildman–Crippen MR) is 109 cm³/mol. The molecule has 0 N–H and O–H groups in total. The molecule has 3 aromatic rings. The van der Waals surface area contributed by atoms with Crippen LogP contribution in [0, 0.1) is 6.92 Å². The van der Waals surface area contributed by atoms with Crippen LogP contribution in [0.4, 0.5) is 0 Å². The molecular weight excluding hydrogens is 378 g/mol. The number of carbonyl (C=O) groups is 1. The summed E-state index contributed by atoms with van der Waals surface area (Å²) >= 11 is 3.30. The van der Waals surface area contributed by atoms with Crippen molar-refractivity contribution in [3.05, 3.63) is 16.3 Å². The minimum absolute atomic E-state index is 0.205. The van der Waals surface area contributed by atoms with Gasteiger partial charge in [-0.3, -0.25) is 9.20 Å². The number of thioether (sulfide) groups is 1. The first-order valence-electron chi connectivity index (χ1n) is 9.79. The topological polar surface area (TPSA) is 63.4 Å². The molecule has 0 saturated carbocycles. The van der Waals surface area contributed by atoms with Gasteiger partial charge in [-0.2, -0.15) is 0 Å². The second-order valence-corrected chi connectivity index (χ2v) is 9.45. The number of thiophene rings is 1. The molecule has 4 heterocycles. The lowest BCUT2D eigenvalue weighted by atomic mass is 9.97. The van der Waals surface area contributed by atoms with Crippen LogP contribution in [0.15, 0.2) is 5.16 Å². The van der Waals surface area contributed by atoms with E-state index in [0.29, 0.717) is 5.75 Å². The quantitative estimate of drug-likeness (QED) is 0.627. The minimum Gasteiger partial charge on any atom is -0.342 e. The monoisotopic (exact) mass is 401 g/mol. The summed E-state index contributed by atoms with van der Waals surface area (Å²) in [6, 6.07) is 0. The molecule has 1 saturated heterocycles. The van der Waals surface area contributed by atoms with Crippen LogP contribution >= 0.6 is 23.1 Å². The molecule has 0 bridgehead atoms.